The van der Waals surface area contributed by atoms with Crippen LogP contribution in [0.2, 0.25) is 0 Å². The Kier molecular flexibility index (Phi) is 3.41. The van der Waals surface area contributed by atoms with Crippen LogP contribution in [0.15, 0.2) is 61.2 Å². The van der Waals surface area contributed by atoms with Gasteiger partial charge in [-0.3, -0.25) is 4.57 Å². The van der Waals surface area contributed by atoms with E-state index in [1.54, 1.807) is 17.1 Å². The Hall–Kier alpha value is -3.61. The molecule has 3 heterocycles. The summed E-state index contributed by atoms with van der Waals surface area (Å²) in [5.74, 6) is 2.91. The predicted octanol–water partition coefficient (Wildman–Crippen LogP) is 3.16. The van der Waals surface area contributed by atoms with Crippen LogP contribution in [-0.4, -0.2) is 26.3 Å². The highest BCUT2D eigenvalue weighted by Gasteiger charge is 2.14. The van der Waals surface area contributed by atoms with Crippen molar-refractivity contribution < 1.29 is 9.47 Å². The summed E-state index contributed by atoms with van der Waals surface area (Å²) in [7, 11) is 0. The molecule has 7 nitrogen and oxygen atoms in total. The lowest BCUT2D eigenvalue weighted by Crippen LogP contribution is -2.06. The van der Waals surface area contributed by atoms with Crippen molar-refractivity contribution in [2.75, 3.05) is 12.1 Å². The van der Waals surface area contributed by atoms with Gasteiger partial charge in [-0.15, -0.1) is 0 Å². The lowest BCUT2D eigenvalue weighted by atomic mass is 10.2. The van der Waals surface area contributed by atoms with Gasteiger partial charge in [0.15, 0.2) is 11.5 Å². The molecular weight excluding hydrogens is 330 g/mol. The largest absolute Gasteiger partial charge is 0.454 e. The van der Waals surface area contributed by atoms with Gasteiger partial charge >= 0.3 is 0 Å². The summed E-state index contributed by atoms with van der Waals surface area (Å²) < 4.78 is 12.6. The van der Waals surface area contributed by atoms with Gasteiger partial charge < -0.3 is 14.8 Å². The maximum absolute atomic E-state index is 5.44. The molecule has 1 aliphatic heterocycles. The van der Waals surface area contributed by atoms with Crippen LogP contribution in [-0.2, 0) is 6.54 Å². The van der Waals surface area contributed by atoms with E-state index in [2.05, 4.69) is 20.3 Å². The van der Waals surface area contributed by atoms with E-state index >= 15 is 0 Å². The van der Waals surface area contributed by atoms with Crippen LogP contribution < -0.4 is 14.8 Å². The predicted molar refractivity (Wildman–Crippen MR) is 96.6 cm³/mol. The van der Waals surface area contributed by atoms with E-state index in [0.29, 0.717) is 12.5 Å². The van der Waals surface area contributed by atoms with Crippen LogP contribution in [0, 0.1) is 0 Å². The van der Waals surface area contributed by atoms with Gasteiger partial charge in [-0.25, -0.2) is 9.97 Å². The van der Waals surface area contributed by atoms with Gasteiger partial charge in [-0.05, 0) is 29.8 Å². The molecule has 2 aromatic carbocycles. The molecule has 0 amide bonds. The average Bonchev–Trinajstić information content (AvgIpc) is 3.37. The molecule has 0 spiro atoms. The summed E-state index contributed by atoms with van der Waals surface area (Å²) in [6.45, 7) is 0.887. The van der Waals surface area contributed by atoms with E-state index < -0.39 is 0 Å². The first-order valence-electron chi connectivity index (χ1n) is 8.24. The SMILES string of the molecule is c1ccc2c(NCc3ccc4c(c3)OCO4)nc(-n3ccnc3)nc2c1. The molecule has 26 heavy (non-hydrogen) atoms. The molecule has 0 bridgehead atoms. The van der Waals surface area contributed by atoms with Crippen LogP contribution in [0.1, 0.15) is 5.56 Å². The summed E-state index contributed by atoms with van der Waals surface area (Å²) in [6.07, 6.45) is 5.22. The summed E-state index contributed by atoms with van der Waals surface area (Å²) in [5, 5.41) is 4.39. The minimum absolute atomic E-state index is 0.275. The maximum Gasteiger partial charge on any atom is 0.237 e. The smallest absolute Gasteiger partial charge is 0.237 e. The van der Waals surface area contributed by atoms with Gasteiger partial charge in [0.2, 0.25) is 12.7 Å². The summed E-state index contributed by atoms with van der Waals surface area (Å²) in [6, 6.07) is 13.9. The Balaban J connectivity index is 1.49. The Morgan fingerprint density at radius 2 is 1.96 bits per heavy atom. The number of para-hydroxylation sites is 1. The normalized spacial score (nSPS) is 12.5. The van der Waals surface area contributed by atoms with Crippen molar-refractivity contribution in [3.8, 4) is 17.4 Å². The molecule has 0 saturated carbocycles. The zero-order valence-corrected chi connectivity index (χ0v) is 13.8. The highest BCUT2D eigenvalue weighted by atomic mass is 16.7. The van der Waals surface area contributed by atoms with Crippen LogP contribution in [0.3, 0.4) is 0 Å². The molecule has 128 valence electrons. The molecule has 7 heteroatoms. The molecule has 0 radical (unpaired) electrons. The Bertz CT molecular complexity index is 1080. The van der Waals surface area contributed by atoms with E-state index in [1.165, 1.54) is 0 Å². The zero-order valence-electron chi connectivity index (χ0n) is 13.8. The minimum atomic E-state index is 0.275. The first kappa shape index (κ1) is 14.7. The highest BCUT2D eigenvalue weighted by Crippen LogP contribution is 2.32. The summed E-state index contributed by atoms with van der Waals surface area (Å²) in [5.41, 5.74) is 1.96. The van der Waals surface area contributed by atoms with E-state index in [4.69, 9.17) is 9.47 Å². The summed E-state index contributed by atoms with van der Waals surface area (Å²) >= 11 is 0. The van der Waals surface area contributed by atoms with Gasteiger partial charge in [-0.1, -0.05) is 18.2 Å². The second kappa shape index (κ2) is 6.03. The Morgan fingerprint density at radius 1 is 1.04 bits per heavy atom. The lowest BCUT2D eigenvalue weighted by molar-refractivity contribution is 0.174. The highest BCUT2D eigenvalue weighted by molar-refractivity contribution is 5.89. The van der Waals surface area contributed by atoms with Crippen LogP contribution >= 0.6 is 0 Å². The van der Waals surface area contributed by atoms with Gasteiger partial charge in [0, 0.05) is 24.3 Å². The van der Waals surface area contributed by atoms with Crippen molar-refractivity contribution in [3.05, 3.63) is 66.7 Å². The zero-order chi connectivity index (χ0) is 17.3. The van der Waals surface area contributed by atoms with E-state index in [0.717, 1.165) is 33.8 Å². The second-order valence-corrected chi connectivity index (χ2v) is 5.90. The number of nitrogens with zero attached hydrogens (tertiary/aromatic N) is 4. The number of nitrogens with one attached hydrogen (secondary N) is 1. The fourth-order valence-corrected chi connectivity index (χ4v) is 2.93. The van der Waals surface area contributed by atoms with Gasteiger partial charge in [0.1, 0.15) is 12.1 Å². The van der Waals surface area contributed by atoms with Crippen LogP contribution in [0.4, 0.5) is 5.82 Å². The maximum atomic E-state index is 5.44. The lowest BCUT2D eigenvalue weighted by Gasteiger charge is -2.11. The number of anilines is 1. The molecule has 1 aliphatic rings. The quantitative estimate of drug-likeness (QED) is 0.612. The molecule has 5 rings (SSSR count). The molecule has 0 aliphatic carbocycles. The molecule has 2 aromatic heterocycles. The third kappa shape index (κ3) is 2.59. The minimum Gasteiger partial charge on any atom is -0.454 e. The van der Waals surface area contributed by atoms with Crippen molar-refractivity contribution in [2.45, 2.75) is 6.54 Å². The average molecular weight is 345 g/mol. The molecule has 1 N–H and O–H groups in total. The van der Waals surface area contributed by atoms with E-state index in [1.807, 2.05) is 48.7 Å². The number of hydrogen-bond acceptors (Lipinski definition) is 6. The number of benzene rings is 2. The van der Waals surface area contributed by atoms with Crippen LogP contribution in [0.25, 0.3) is 16.9 Å². The molecule has 0 atom stereocenters. The number of fused-ring (bicyclic) bond motifs is 2. The number of rotatable bonds is 4. The fourth-order valence-electron chi connectivity index (χ4n) is 2.93. The molecule has 0 saturated heterocycles. The second-order valence-electron chi connectivity index (χ2n) is 5.90. The number of imidazole rings is 1. The first-order valence-corrected chi connectivity index (χ1v) is 8.24. The summed E-state index contributed by atoms with van der Waals surface area (Å²) in [4.78, 5) is 13.4. The van der Waals surface area contributed by atoms with Crippen molar-refractivity contribution >= 4 is 16.7 Å². The van der Waals surface area contributed by atoms with E-state index in [9.17, 15) is 0 Å². The Labute approximate surface area is 149 Å². The fraction of sp³-hybridized carbons (Fsp3) is 0.105. The number of aromatic nitrogens is 4. The van der Waals surface area contributed by atoms with Crippen molar-refractivity contribution in [2.24, 2.45) is 0 Å². The van der Waals surface area contributed by atoms with Gasteiger partial charge in [0.05, 0.1) is 5.52 Å². The van der Waals surface area contributed by atoms with Crippen molar-refractivity contribution in [1.29, 1.82) is 0 Å². The van der Waals surface area contributed by atoms with Gasteiger partial charge in [-0.2, -0.15) is 4.98 Å². The standard InChI is InChI=1S/C19H15N5O2/c1-2-4-15-14(3-1)18(23-19(22-15)24-8-7-20-11-24)21-10-13-5-6-16-17(9-13)26-12-25-16/h1-9,11H,10,12H2,(H,21,22,23). The third-order valence-electron chi connectivity index (χ3n) is 4.22. The molecule has 0 unspecified atom stereocenters. The Morgan fingerprint density at radius 3 is 2.88 bits per heavy atom. The number of ether oxygens (including phenoxy) is 2. The first-order chi connectivity index (χ1) is 12.9. The van der Waals surface area contributed by atoms with E-state index in [-0.39, 0.29) is 6.79 Å². The van der Waals surface area contributed by atoms with Gasteiger partial charge in [0.25, 0.3) is 0 Å². The van der Waals surface area contributed by atoms with Crippen LogP contribution in [0.5, 0.6) is 11.5 Å². The molecule has 4 aromatic rings. The monoisotopic (exact) mass is 345 g/mol. The van der Waals surface area contributed by atoms with Crippen molar-refractivity contribution in [1.82, 2.24) is 19.5 Å². The topological polar surface area (TPSA) is 74.1 Å². The molecule has 0 fully saturated rings. The third-order valence-corrected chi connectivity index (χ3v) is 4.22. The molecular formula is C19H15N5O2. The van der Waals surface area contributed by atoms with Crippen molar-refractivity contribution in [3.63, 3.8) is 0 Å². The number of hydrogen-bond donors (Lipinski definition) is 1.